The van der Waals surface area contributed by atoms with E-state index in [0.717, 1.165) is 11.6 Å². The van der Waals surface area contributed by atoms with Gasteiger partial charge in [-0.1, -0.05) is 0 Å². The second-order valence-electron chi connectivity index (χ2n) is 7.16. The van der Waals surface area contributed by atoms with Crippen LogP contribution in [0.25, 0.3) is 0 Å². The van der Waals surface area contributed by atoms with E-state index in [1.54, 1.807) is 10.9 Å². The van der Waals surface area contributed by atoms with E-state index in [0.29, 0.717) is 25.1 Å². The Kier molecular flexibility index (Phi) is 7.28. The van der Waals surface area contributed by atoms with E-state index in [9.17, 15) is 23.3 Å². The molecule has 0 aliphatic carbocycles. The van der Waals surface area contributed by atoms with E-state index < -0.39 is 14.9 Å². The van der Waals surface area contributed by atoms with Crippen LogP contribution in [0.5, 0.6) is 5.75 Å². The fourth-order valence-electron chi connectivity index (χ4n) is 3.01. The number of aromatic nitrogens is 2. The fourth-order valence-corrected chi connectivity index (χ4v) is 4.07. The average Bonchev–Trinajstić information content (AvgIpc) is 3.21. The highest BCUT2D eigenvalue weighted by Crippen LogP contribution is 2.30. The quantitative estimate of drug-likeness (QED) is 0.261. The van der Waals surface area contributed by atoms with Crippen LogP contribution >= 0.6 is 0 Å². The Labute approximate surface area is 190 Å². The first-order valence-corrected chi connectivity index (χ1v) is 11.4. The van der Waals surface area contributed by atoms with Crippen molar-refractivity contribution in [3.05, 3.63) is 76.1 Å². The highest BCUT2D eigenvalue weighted by atomic mass is 32.2. The molecule has 1 amide bonds. The third kappa shape index (κ3) is 6.07. The van der Waals surface area contributed by atoms with Gasteiger partial charge in [0.05, 0.1) is 28.8 Å². The maximum Gasteiger partial charge on any atom is 0.271 e. The van der Waals surface area contributed by atoms with Crippen molar-refractivity contribution in [2.24, 2.45) is 0 Å². The third-order valence-electron chi connectivity index (χ3n) is 4.68. The topological polar surface area (TPSA) is 145 Å². The van der Waals surface area contributed by atoms with Crippen LogP contribution in [0.3, 0.4) is 0 Å². The van der Waals surface area contributed by atoms with Gasteiger partial charge in [-0.2, -0.15) is 5.10 Å². The highest BCUT2D eigenvalue weighted by molar-refractivity contribution is 7.92. The molecule has 0 aliphatic heterocycles. The number of nitrogens with zero attached hydrogens (tertiary/aromatic N) is 3. The number of aryl methyl sites for hydroxylation is 2. The van der Waals surface area contributed by atoms with Crippen LogP contribution in [0.4, 0.5) is 11.4 Å². The van der Waals surface area contributed by atoms with Gasteiger partial charge < -0.3 is 10.1 Å². The van der Waals surface area contributed by atoms with Crippen LogP contribution < -0.4 is 14.8 Å². The van der Waals surface area contributed by atoms with Gasteiger partial charge in [0, 0.05) is 37.0 Å². The molecule has 0 bridgehead atoms. The Hall–Kier alpha value is -3.93. The van der Waals surface area contributed by atoms with Gasteiger partial charge in [0.1, 0.15) is 5.75 Å². The third-order valence-corrected chi connectivity index (χ3v) is 6.06. The minimum absolute atomic E-state index is 0.0686. The number of sulfonamides is 1. The standard InChI is InChI=1S/C21H23N5O6S/c1-15-13-23-25(14-15)11-3-10-22-21(27)16-4-7-18(8-5-16)33(30,31)24-19-12-17(26(28)29)6-9-20(19)32-2/h4-9,12-14,24H,3,10-11H2,1-2H3,(H,22,27). The second-order valence-corrected chi connectivity index (χ2v) is 8.84. The number of anilines is 1. The largest absolute Gasteiger partial charge is 0.495 e. The van der Waals surface area contributed by atoms with Crippen molar-refractivity contribution >= 4 is 27.3 Å². The SMILES string of the molecule is COc1ccc([N+](=O)[O-])cc1NS(=O)(=O)c1ccc(C(=O)NCCCn2cc(C)cn2)cc1. The molecule has 3 rings (SSSR count). The fraction of sp³-hybridized carbons (Fsp3) is 0.238. The molecule has 33 heavy (non-hydrogen) atoms. The van der Waals surface area contributed by atoms with E-state index in [1.807, 2.05) is 13.1 Å². The Balaban J connectivity index is 1.63. The number of nitrogens with one attached hydrogen (secondary N) is 2. The lowest BCUT2D eigenvalue weighted by molar-refractivity contribution is -0.384. The summed E-state index contributed by atoms with van der Waals surface area (Å²) in [5.41, 5.74) is 1.01. The molecule has 0 radical (unpaired) electrons. The molecule has 12 heteroatoms. The second kappa shape index (κ2) is 10.1. The normalized spacial score (nSPS) is 11.1. The van der Waals surface area contributed by atoms with E-state index in [-0.39, 0.29) is 27.9 Å². The number of benzene rings is 2. The van der Waals surface area contributed by atoms with Crippen molar-refractivity contribution in [1.29, 1.82) is 0 Å². The Morgan fingerprint density at radius 3 is 2.55 bits per heavy atom. The molecule has 3 aromatic rings. The number of amides is 1. The van der Waals surface area contributed by atoms with Gasteiger partial charge in [-0.05, 0) is 49.2 Å². The minimum atomic E-state index is -4.07. The number of hydrogen-bond donors (Lipinski definition) is 2. The zero-order valence-corrected chi connectivity index (χ0v) is 18.8. The molecule has 0 atom stereocenters. The number of rotatable bonds is 10. The van der Waals surface area contributed by atoms with E-state index in [4.69, 9.17) is 4.74 Å². The molecule has 2 aromatic carbocycles. The van der Waals surface area contributed by atoms with Crippen LogP contribution in [0.15, 0.2) is 59.8 Å². The highest BCUT2D eigenvalue weighted by Gasteiger charge is 2.19. The maximum atomic E-state index is 12.7. The first-order chi connectivity index (χ1) is 15.7. The summed E-state index contributed by atoms with van der Waals surface area (Å²) in [7, 11) is -2.75. The predicted octanol–water partition coefficient (Wildman–Crippen LogP) is 2.73. The van der Waals surface area contributed by atoms with Crippen molar-refractivity contribution in [1.82, 2.24) is 15.1 Å². The Morgan fingerprint density at radius 1 is 1.21 bits per heavy atom. The smallest absolute Gasteiger partial charge is 0.271 e. The van der Waals surface area contributed by atoms with Crippen molar-refractivity contribution in [2.45, 2.75) is 24.8 Å². The molecular formula is C21H23N5O6S. The number of carbonyl (C=O) groups is 1. The van der Waals surface area contributed by atoms with Crippen LogP contribution in [-0.2, 0) is 16.6 Å². The van der Waals surface area contributed by atoms with Gasteiger partial charge in [0.15, 0.2) is 0 Å². The van der Waals surface area contributed by atoms with Crippen LogP contribution in [0, 0.1) is 17.0 Å². The van der Waals surface area contributed by atoms with E-state index >= 15 is 0 Å². The maximum absolute atomic E-state index is 12.7. The molecule has 0 spiro atoms. The molecule has 0 fully saturated rings. The summed E-state index contributed by atoms with van der Waals surface area (Å²) in [4.78, 5) is 22.6. The summed E-state index contributed by atoms with van der Waals surface area (Å²) in [5.74, 6) is -0.200. The summed E-state index contributed by atoms with van der Waals surface area (Å²) < 4.78 is 34.6. The number of nitro groups is 1. The predicted molar refractivity (Wildman–Crippen MR) is 121 cm³/mol. The number of methoxy groups -OCH3 is 1. The lowest BCUT2D eigenvalue weighted by Gasteiger charge is -2.12. The minimum Gasteiger partial charge on any atom is -0.495 e. The Bertz CT molecular complexity index is 1250. The molecule has 0 saturated carbocycles. The molecule has 174 valence electrons. The molecular weight excluding hydrogens is 450 g/mol. The summed E-state index contributed by atoms with van der Waals surface area (Å²) in [6.07, 6.45) is 4.37. The lowest BCUT2D eigenvalue weighted by Crippen LogP contribution is -2.25. The summed E-state index contributed by atoms with van der Waals surface area (Å²) in [6.45, 7) is 3.05. The molecule has 2 N–H and O–H groups in total. The van der Waals surface area contributed by atoms with Crippen molar-refractivity contribution in [2.75, 3.05) is 18.4 Å². The number of nitro benzene ring substituents is 1. The van der Waals surface area contributed by atoms with E-state index in [1.165, 1.54) is 43.5 Å². The van der Waals surface area contributed by atoms with Gasteiger partial charge in [-0.3, -0.25) is 24.3 Å². The van der Waals surface area contributed by atoms with Crippen LogP contribution in [0.2, 0.25) is 0 Å². The summed E-state index contributed by atoms with van der Waals surface area (Å²) in [5, 5.41) is 18.0. The number of ether oxygens (including phenoxy) is 1. The molecule has 11 nitrogen and oxygen atoms in total. The number of non-ortho nitro benzene ring substituents is 1. The monoisotopic (exact) mass is 473 g/mol. The van der Waals surface area contributed by atoms with E-state index in [2.05, 4.69) is 15.1 Å². The first kappa shape index (κ1) is 23.7. The molecule has 0 saturated heterocycles. The number of carbonyl (C=O) groups excluding carboxylic acids is 1. The van der Waals surface area contributed by atoms with Crippen molar-refractivity contribution in [3.63, 3.8) is 0 Å². The zero-order valence-electron chi connectivity index (χ0n) is 18.0. The molecule has 0 aliphatic rings. The van der Waals surface area contributed by atoms with Crippen molar-refractivity contribution < 1.29 is 22.9 Å². The zero-order chi connectivity index (χ0) is 24.0. The van der Waals surface area contributed by atoms with Crippen LogP contribution in [-0.4, -0.2) is 42.7 Å². The molecule has 1 heterocycles. The number of hydrogen-bond acceptors (Lipinski definition) is 7. The van der Waals surface area contributed by atoms with Crippen LogP contribution in [0.1, 0.15) is 22.3 Å². The molecule has 0 unspecified atom stereocenters. The molecule has 1 aromatic heterocycles. The average molecular weight is 474 g/mol. The Morgan fingerprint density at radius 2 is 1.94 bits per heavy atom. The van der Waals surface area contributed by atoms with Gasteiger partial charge in [-0.15, -0.1) is 0 Å². The van der Waals surface area contributed by atoms with Gasteiger partial charge >= 0.3 is 0 Å². The van der Waals surface area contributed by atoms with Crippen molar-refractivity contribution in [3.8, 4) is 5.75 Å². The van der Waals surface area contributed by atoms with Gasteiger partial charge in [0.2, 0.25) is 0 Å². The summed E-state index contributed by atoms with van der Waals surface area (Å²) >= 11 is 0. The first-order valence-electron chi connectivity index (χ1n) is 9.92. The summed E-state index contributed by atoms with van der Waals surface area (Å²) in [6, 6.07) is 8.94. The van der Waals surface area contributed by atoms with Gasteiger partial charge in [0.25, 0.3) is 21.6 Å². The lowest BCUT2D eigenvalue weighted by atomic mass is 10.2. The van der Waals surface area contributed by atoms with Gasteiger partial charge in [-0.25, -0.2) is 8.42 Å².